The Bertz CT molecular complexity index is 808. The third-order valence-electron chi connectivity index (χ3n) is 3.85. The van der Waals surface area contributed by atoms with Crippen LogP contribution in [0.1, 0.15) is 29.8 Å². The molecule has 0 fully saturated rings. The Morgan fingerprint density at radius 1 is 1.08 bits per heavy atom. The van der Waals surface area contributed by atoms with Crippen LogP contribution in [0.2, 0.25) is 0 Å². The maximum Gasteiger partial charge on any atom is 0.251 e. The zero-order chi connectivity index (χ0) is 19.1. The predicted octanol–water partition coefficient (Wildman–Crippen LogP) is 3.28. The number of rotatable bonds is 6. The highest BCUT2D eigenvalue weighted by atomic mass is 19.1. The predicted molar refractivity (Wildman–Crippen MR) is 96.9 cm³/mol. The number of nitrogens with one attached hydrogen (secondary N) is 2. The van der Waals surface area contributed by atoms with Gasteiger partial charge < -0.3 is 10.6 Å². The Labute approximate surface area is 151 Å². The molecule has 0 aliphatic rings. The van der Waals surface area contributed by atoms with Crippen molar-refractivity contribution in [2.45, 2.75) is 26.3 Å². The Hall–Kier alpha value is -3.20. The second-order valence-corrected chi connectivity index (χ2v) is 6.22. The minimum Gasteiger partial charge on any atom is -0.340 e. The van der Waals surface area contributed by atoms with E-state index in [1.165, 1.54) is 24.3 Å². The summed E-state index contributed by atoms with van der Waals surface area (Å²) in [5.41, 5.74) is 1.72. The molecule has 0 saturated carbocycles. The molecule has 2 N–H and O–H groups in total. The van der Waals surface area contributed by atoms with E-state index in [0.29, 0.717) is 12.1 Å². The third kappa shape index (κ3) is 5.15. The highest BCUT2D eigenvalue weighted by molar-refractivity contribution is 6.01. The van der Waals surface area contributed by atoms with E-state index in [9.17, 15) is 14.0 Å². The zero-order valence-electron chi connectivity index (χ0n) is 14.6. The summed E-state index contributed by atoms with van der Waals surface area (Å²) in [6.07, 6.45) is 0.302. The summed E-state index contributed by atoms with van der Waals surface area (Å²) in [5.74, 6) is -1.36. The Morgan fingerprint density at radius 2 is 1.69 bits per heavy atom. The van der Waals surface area contributed by atoms with E-state index >= 15 is 0 Å². The van der Waals surface area contributed by atoms with Crippen LogP contribution < -0.4 is 10.6 Å². The summed E-state index contributed by atoms with van der Waals surface area (Å²) in [6, 6.07) is 13.4. The van der Waals surface area contributed by atoms with Crippen molar-refractivity contribution in [1.82, 2.24) is 5.32 Å². The molecule has 134 valence electrons. The number of hydrogen-bond acceptors (Lipinski definition) is 3. The van der Waals surface area contributed by atoms with Crippen LogP contribution in [-0.2, 0) is 11.2 Å². The fraction of sp³-hybridized carbons (Fsp3) is 0.250. The first kappa shape index (κ1) is 19.1. The number of hydrogen-bond donors (Lipinski definition) is 2. The lowest BCUT2D eigenvalue weighted by molar-refractivity contribution is -0.118. The highest BCUT2D eigenvalue weighted by Gasteiger charge is 2.24. The molecule has 0 bridgehead atoms. The molecule has 26 heavy (non-hydrogen) atoms. The standard InChI is InChI=1S/C20H20FN3O2/c1-13(2)18(24-19(25)15-5-7-16(21)8-6-15)20(26)23-17-9-3-14(4-10-17)11-12-22/h3-10,13,18H,11H2,1-2H3,(H,23,26)(H,24,25)/t18-/m0/s1. The quantitative estimate of drug-likeness (QED) is 0.836. The van der Waals surface area contributed by atoms with Gasteiger partial charge >= 0.3 is 0 Å². The van der Waals surface area contributed by atoms with Crippen LogP contribution in [0.5, 0.6) is 0 Å². The highest BCUT2D eigenvalue weighted by Crippen LogP contribution is 2.13. The summed E-state index contributed by atoms with van der Waals surface area (Å²) in [6.45, 7) is 3.65. The molecule has 2 aromatic rings. The molecular formula is C20H20FN3O2. The van der Waals surface area contributed by atoms with E-state index in [4.69, 9.17) is 5.26 Å². The number of benzene rings is 2. The first-order chi connectivity index (χ1) is 12.4. The molecule has 2 rings (SSSR count). The van der Waals surface area contributed by atoms with Gasteiger partial charge in [0.1, 0.15) is 11.9 Å². The number of anilines is 1. The largest absolute Gasteiger partial charge is 0.340 e. The van der Waals surface area contributed by atoms with Gasteiger partial charge in [-0.2, -0.15) is 5.26 Å². The van der Waals surface area contributed by atoms with Crippen LogP contribution in [0.25, 0.3) is 0 Å². The summed E-state index contributed by atoms with van der Waals surface area (Å²) >= 11 is 0. The maximum atomic E-state index is 13.0. The number of nitriles is 1. The van der Waals surface area contributed by atoms with Crippen molar-refractivity contribution < 1.29 is 14.0 Å². The van der Waals surface area contributed by atoms with Crippen LogP contribution >= 0.6 is 0 Å². The number of amides is 2. The smallest absolute Gasteiger partial charge is 0.251 e. The topological polar surface area (TPSA) is 82.0 Å². The van der Waals surface area contributed by atoms with Crippen molar-refractivity contribution in [3.05, 3.63) is 65.5 Å². The number of carbonyl (C=O) groups is 2. The lowest BCUT2D eigenvalue weighted by Gasteiger charge is -2.22. The molecule has 2 amide bonds. The van der Waals surface area contributed by atoms with Gasteiger partial charge in [0, 0.05) is 11.3 Å². The Morgan fingerprint density at radius 3 is 2.23 bits per heavy atom. The molecule has 1 atom stereocenters. The van der Waals surface area contributed by atoms with E-state index in [1.54, 1.807) is 24.3 Å². The summed E-state index contributed by atoms with van der Waals surface area (Å²) in [4.78, 5) is 24.8. The second kappa shape index (κ2) is 8.77. The van der Waals surface area contributed by atoms with Crippen molar-refractivity contribution in [3.8, 4) is 6.07 Å². The van der Waals surface area contributed by atoms with Crippen molar-refractivity contribution in [2.75, 3.05) is 5.32 Å². The maximum absolute atomic E-state index is 13.0. The van der Waals surface area contributed by atoms with Gasteiger partial charge in [-0.15, -0.1) is 0 Å². The summed E-state index contributed by atoms with van der Waals surface area (Å²) in [7, 11) is 0. The lowest BCUT2D eigenvalue weighted by Crippen LogP contribution is -2.47. The van der Waals surface area contributed by atoms with Gasteiger partial charge in [-0.25, -0.2) is 4.39 Å². The number of halogens is 1. The van der Waals surface area contributed by atoms with E-state index in [1.807, 2.05) is 13.8 Å². The molecule has 0 unspecified atom stereocenters. The molecule has 0 radical (unpaired) electrons. The van der Waals surface area contributed by atoms with Crippen molar-refractivity contribution in [3.63, 3.8) is 0 Å². The Kier molecular flexibility index (Phi) is 6.45. The number of nitrogens with zero attached hydrogens (tertiary/aromatic N) is 1. The van der Waals surface area contributed by atoms with Gasteiger partial charge in [-0.1, -0.05) is 26.0 Å². The molecule has 0 heterocycles. The van der Waals surface area contributed by atoms with Gasteiger partial charge in [0.2, 0.25) is 5.91 Å². The Balaban J connectivity index is 2.06. The third-order valence-corrected chi connectivity index (χ3v) is 3.85. The second-order valence-electron chi connectivity index (χ2n) is 6.22. The monoisotopic (exact) mass is 353 g/mol. The van der Waals surface area contributed by atoms with Crippen LogP contribution in [0.15, 0.2) is 48.5 Å². The van der Waals surface area contributed by atoms with Crippen LogP contribution in [0.4, 0.5) is 10.1 Å². The van der Waals surface area contributed by atoms with Gasteiger partial charge in [-0.3, -0.25) is 9.59 Å². The first-order valence-corrected chi connectivity index (χ1v) is 8.24. The van der Waals surface area contributed by atoms with Crippen LogP contribution in [0.3, 0.4) is 0 Å². The van der Waals surface area contributed by atoms with E-state index in [-0.39, 0.29) is 17.4 Å². The van der Waals surface area contributed by atoms with Crippen molar-refractivity contribution in [1.29, 1.82) is 5.26 Å². The molecule has 0 aromatic heterocycles. The lowest BCUT2D eigenvalue weighted by atomic mass is 10.0. The van der Waals surface area contributed by atoms with E-state index < -0.39 is 17.8 Å². The van der Waals surface area contributed by atoms with Gasteiger partial charge in [0.25, 0.3) is 5.91 Å². The molecule has 5 nitrogen and oxygen atoms in total. The summed E-state index contributed by atoms with van der Waals surface area (Å²) < 4.78 is 13.0. The van der Waals surface area contributed by atoms with Crippen molar-refractivity contribution >= 4 is 17.5 Å². The molecule has 0 aliphatic carbocycles. The van der Waals surface area contributed by atoms with Crippen LogP contribution in [0, 0.1) is 23.1 Å². The fourth-order valence-electron chi connectivity index (χ4n) is 2.38. The minimum atomic E-state index is -0.744. The van der Waals surface area contributed by atoms with E-state index in [2.05, 4.69) is 16.7 Å². The molecule has 0 saturated heterocycles. The van der Waals surface area contributed by atoms with Gasteiger partial charge in [0.05, 0.1) is 12.5 Å². The van der Waals surface area contributed by atoms with Crippen molar-refractivity contribution in [2.24, 2.45) is 5.92 Å². The van der Waals surface area contributed by atoms with Gasteiger partial charge in [0.15, 0.2) is 0 Å². The molecule has 0 spiro atoms. The summed E-state index contributed by atoms with van der Waals surface area (Å²) in [5, 5.41) is 14.1. The minimum absolute atomic E-state index is 0.141. The SMILES string of the molecule is CC(C)[C@H](NC(=O)c1ccc(F)cc1)C(=O)Nc1ccc(CC#N)cc1. The van der Waals surface area contributed by atoms with Crippen LogP contribution in [-0.4, -0.2) is 17.9 Å². The van der Waals surface area contributed by atoms with E-state index in [0.717, 1.165) is 5.56 Å². The molecule has 0 aliphatic heterocycles. The normalized spacial score (nSPS) is 11.5. The first-order valence-electron chi connectivity index (χ1n) is 8.24. The molecular weight excluding hydrogens is 333 g/mol. The molecule has 2 aromatic carbocycles. The van der Waals surface area contributed by atoms with Gasteiger partial charge in [-0.05, 0) is 47.9 Å². The fourth-order valence-corrected chi connectivity index (χ4v) is 2.38. The average Bonchev–Trinajstić information content (AvgIpc) is 2.61. The molecule has 6 heteroatoms. The average molecular weight is 353 g/mol. The number of carbonyl (C=O) groups excluding carboxylic acids is 2. The zero-order valence-corrected chi connectivity index (χ0v) is 14.6.